The molecule has 70 valence electrons. The van der Waals surface area contributed by atoms with E-state index in [4.69, 9.17) is 5.73 Å². The predicted octanol–water partition coefficient (Wildman–Crippen LogP) is 1.93. The number of para-hydroxylation sites is 1. The first-order chi connectivity index (χ1) is 6.42. The SMILES string of the molecule is NCCC1CCNc2ccccc21. The van der Waals surface area contributed by atoms with Crippen LogP contribution in [0, 0.1) is 0 Å². The molecule has 0 aliphatic carbocycles. The molecule has 1 atom stereocenters. The lowest BCUT2D eigenvalue weighted by Crippen LogP contribution is -2.18. The Kier molecular flexibility index (Phi) is 2.50. The fraction of sp³-hybridized carbons (Fsp3) is 0.455. The zero-order valence-corrected chi connectivity index (χ0v) is 7.79. The third-order valence-corrected chi connectivity index (χ3v) is 2.72. The number of anilines is 1. The molecule has 13 heavy (non-hydrogen) atoms. The van der Waals surface area contributed by atoms with Gasteiger partial charge in [0.2, 0.25) is 0 Å². The smallest absolute Gasteiger partial charge is 0.0375 e. The van der Waals surface area contributed by atoms with Crippen molar-refractivity contribution in [3.05, 3.63) is 29.8 Å². The number of rotatable bonds is 2. The normalized spacial score (nSPS) is 20.5. The number of hydrogen-bond acceptors (Lipinski definition) is 2. The van der Waals surface area contributed by atoms with Gasteiger partial charge in [0, 0.05) is 12.2 Å². The summed E-state index contributed by atoms with van der Waals surface area (Å²) in [5.74, 6) is 0.669. The van der Waals surface area contributed by atoms with Gasteiger partial charge in [0.05, 0.1) is 0 Å². The molecule has 2 heteroatoms. The molecule has 0 saturated carbocycles. The van der Waals surface area contributed by atoms with E-state index < -0.39 is 0 Å². The van der Waals surface area contributed by atoms with Gasteiger partial charge in [-0.15, -0.1) is 0 Å². The van der Waals surface area contributed by atoms with Crippen LogP contribution in [0.2, 0.25) is 0 Å². The number of hydrogen-bond donors (Lipinski definition) is 2. The first-order valence-corrected chi connectivity index (χ1v) is 4.94. The molecule has 0 spiro atoms. The summed E-state index contributed by atoms with van der Waals surface area (Å²) < 4.78 is 0. The van der Waals surface area contributed by atoms with Gasteiger partial charge in [0.25, 0.3) is 0 Å². The molecule has 0 saturated heterocycles. The second-order valence-electron chi connectivity index (χ2n) is 3.58. The van der Waals surface area contributed by atoms with Crippen molar-refractivity contribution in [1.82, 2.24) is 0 Å². The van der Waals surface area contributed by atoms with Crippen molar-refractivity contribution in [3.63, 3.8) is 0 Å². The van der Waals surface area contributed by atoms with Crippen LogP contribution in [0.1, 0.15) is 24.3 Å². The Hall–Kier alpha value is -1.02. The number of nitrogens with one attached hydrogen (secondary N) is 1. The second kappa shape index (κ2) is 3.79. The lowest BCUT2D eigenvalue weighted by molar-refractivity contribution is 0.586. The summed E-state index contributed by atoms with van der Waals surface area (Å²) in [6.45, 7) is 1.88. The van der Waals surface area contributed by atoms with Crippen LogP contribution in [0.5, 0.6) is 0 Å². The maximum absolute atomic E-state index is 5.60. The minimum Gasteiger partial charge on any atom is -0.385 e. The minimum atomic E-state index is 0.669. The highest BCUT2D eigenvalue weighted by atomic mass is 14.9. The predicted molar refractivity (Wildman–Crippen MR) is 56.0 cm³/mol. The Morgan fingerprint density at radius 2 is 2.23 bits per heavy atom. The summed E-state index contributed by atoms with van der Waals surface area (Å²) in [5.41, 5.74) is 8.34. The quantitative estimate of drug-likeness (QED) is 0.722. The summed E-state index contributed by atoms with van der Waals surface area (Å²) in [6, 6.07) is 8.55. The van der Waals surface area contributed by atoms with Crippen molar-refractivity contribution >= 4 is 5.69 Å². The molecule has 2 rings (SSSR count). The van der Waals surface area contributed by atoms with E-state index in [0.29, 0.717) is 5.92 Å². The summed E-state index contributed by atoms with van der Waals surface area (Å²) >= 11 is 0. The fourth-order valence-electron chi connectivity index (χ4n) is 2.05. The molecular formula is C11H16N2. The zero-order valence-electron chi connectivity index (χ0n) is 7.79. The van der Waals surface area contributed by atoms with E-state index in [1.54, 1.807) is 0 Å². The Morgan fingerprint density at radius 3 is 3.08 bits per heavy atom. The molecule has 1 aliphatic rings. The molecule has 0 radical (unpaired) electrons. The van der Waals surface area contributed by atoms with E-state index in [9.17, 15) is 0 Å². The zero-order chi connectivity index (χ0) is 9.10. The maximum Gasteiger partial charge on any atom is 0.0375 e. The van der Waals surface area contributed by atoms with Crippen molar-refractivity contribution < 1.29 is 0 Å². The first-order valence-electron chi connectivity index (χ1n) is 4.94. The molecule has 1 aliphatic heterocycles. The van der Waals surface area contributed by atoms with Crippen LogP contribution in [0.25, 0.3) is 0 Å². The van der Waals surface area contributed by atoms with Gasteiger partial charge < -0.3 is 11.1 Å². The Morgan fingerprint density at radius 1 is 1.38 bits per heavy atom. The average molecular weight is 176 g/mol. The molecule has 3 N–H and O–H groups in total. The molecule has 0 bridgehead atoms. The van der Waals surface area contributed by atoms with Gasteiger partial charge >= 0.3 is 0 Å². The fourth-order valence-corrected chi connectivity index (χ4v) is 2.05. The lowest BCUT2D eigenvalue weighted by atomic mass is 9.88. The Bertz CT molecular complexity index is 283. The molecule has 1 heterocycles. The molecule has 0 fully saturated rings. The summed E-state index contributed by atoms with van der Waals surface area (Å²) in [4.78, 5) is 0. The highest BCUT2D eigenvalue weighted by molar-refractivity contribution is 5.54. The topological polar surface area (TPSA) is 38.0 Å². The van der Waals surface area contributed by atoms with Crippen LogP contribution in [-0.2, 0) is 0 Å². The van der Waals surface area contributed by atoms with Gasteiger partial charge in [-0.3, -0.25) is 0 Å². The van der Waals surface area contributed by atoms with Crippen molar-refractivity contribution in [2.75, 3.05) is 18.4 Å². The summed E-state index contributed by atoms with van der Waals surface area (Å²) in [5, 5.41) is 3.41. The molecule has 0 amide bonds. The van der Waals surface area contributed by atoms with Crippen LogP contribution >= 0.6 is 0 Å². The Labute approximate surface area is 79.1 Å². The van der Waals surface area contributed by atoms with Crippen LogP contribution in [0.4, 0.5) is 5.69 Å². The van der Waals surface area contributed by atoms with Gasteiger partial charge in [-0.05, 0) is 36.9 Å². The van der Waals surface area contributed by atoms with Crippen LogP contribution in [0.3, 0.4) is 0 Å². The number of nitrogens with two attached hydrogens (primary N) is 1. The average Bonchev–Trinajstić information content (AvgIpc) is 2.19. The van der Waals surface area contributed by atoms with E-state index in [2.05, 4.69) is 29.6 Å². The molecular weight excluding hydrogens is 160 g/mol. The summed E-state index contributed by atoms with van der Waals surface area (Å²) in [7, 11) is 0. The van der Waals surface area contributed by atoms with Gasteiger partial charge in [-0.2, -0.15) is 0 Å². The van der Waals surface area contributed by atoms with E-state index in [1.165, 1.54) is 17.7 Å². The standard InChI is InChI=1S/C11H16N2/c12-7-5-9-6-8-13-11-4-2-1-3-10(9)11/h1-4,9,13H,5-8,12H2. The van der Waals surface area contributed by atoms with E-state index >= 15 is 0 Å². The first kappa shape index (κ1) is 8.57. The monoisotopic (exact) mass is 176 g/mol. The third-order valence-electron chi connectivity index (χ3n) is 2.72. The van der Waals surface area contributed by atoms with Crippen LogP contribution < -0.4 is 11.1 Å². The number of fused-ring (bicyclic) bond motifs is 1. The van der Waals surface area contributed by atoms with E-state index in [0.717, 1.165) is 19.5 Å². The largest absolute Gasteiger partial charge is 0.385 e. The summed E-state index contributed by atoms with van der Waals surface area (Å²) in [6.07, 6.45) is 2.33. The van der Waals surface area contributed by atoms with Gasteiger partial charge in [-0.25, -0.2) is 0 Å². The van der Waals surface area contributed by atoms with Crippen LogP contribution in [0.15, 0.2) is 24.3 Å². The molecule has 1 aromatic rings. The second-order valence-corrected chi connectivity index (χ2v) is 3.58. The van der Waals surface area contributed by atoms with E-state index in [1.807, 2.05) is 0 Å². The van der Waals surface area contributed by atoms with E-state index in [-0.39, 0.29) is 0 Å². The molecule has 0 aromatic heterocycles. The van der Waals surface area contributed by atoms with Gasteiger partial charge in [0.15, 0.2) is 0 Å². The molecule has 1 aromatic carbocycles. The molecule has 1 unspecified atom stereocenters. The Balaban J connectivity index is 2.26. The van der Waals surface area contributed by atoms with Crippen molar-refractivity contribution in [3.8, 4) is 0 Å². The van der Waals surface area contributed by atoms with Crippen molar-refractivity contribution in [1.29, 1.82) is 0 Å². The van der Waals surface area contributed by atoms with Gasteiger partial charge in [-0.1, -0.05) is 18.2 Å². The highest BCUT2D eigenvalue weighted by Gasteiger charge is 2.17. The van der Waals surface area contributed by atoms with Crippen molar-refractivity contribution in [2.45, 2.75) is 18.8 Å². The van der Waals surface area contributed by atoms with Gasteiger partial charge in [0.1, 0.15) is 0 Å². The van der Waals surface area contributed by atoms with Crippen molar-refractivity contribution in [2.24, 2.45) is 5.73 Å². The van der Waals surface area contributed by atoms with Crippen LogP contribution in [-0.4, -0.2) is 13.1 Å². The lowest BCUT2D eigenvalue weighted by Gasteiger charge is -2.26. The highest BCUT2D eigenvalue weighted by Crippen LogP contribution is 2.32. The molecule has 2 nitrogen and oxygen atoms in total. The third kappa shape index (κ3) is 1.68. The number of benzene rings is 1. The minimum absolute atomic E-state index is 0.669. The maximum atomic E-state index is 5.60.